The number of hydrogen-bond acceptors (Lipinski definition) is 2. The summed E-state index contributed by atoms with van der Waals surface area (Å²) in [6.07, 6.45) is 0. The highest BCUT2D eigenvalue weighted by Gasteiger charge is 2.10. The first-order chi connectivity index (χ1) is 4.59. The van der Waals surface area contributed by atoms with E-state index in [2.05, 4.69) is 0 Å². The van der Waals surface area contributed by atoms with Gasteiger partial charge in [0.15, 0.2) is 0 Å². The molecule has 0 unspecified atom stereocenters. The van der Waals surface area contributed by atoms with Gasteiger partial charge in [0.2, 0.25) is 0 Å². The maximum absolute atomic E-state index is 5.33. The highest BCUT2D eigenvalue weighted by atomic mass is 16.5. The fraction of sp³-hybridized carbons (Fsp3) is 0.857. The summed E-state index contributed by atoms with van der Waals surface area (Å²) >= 11 is 0. The Bertz CT molecular complexity index is 128. The summed E-state index contributed by atoms with van der Waals surface area (Å²) in [7, 11) is 7.85. The van der Waals surface area contributed by atoms with E-state index in [0.717, 1.165) is 6.02 Å². The monoisotopic (exact) mass is 162 g/mol. The van der Waals surface area contributed by atoms with Crippen molar-refractivity contribution in [3.05, 3.63) is 0 Å². The second-order valence-electron chi connectivity index (χ2n) is 2.50. The van der Waals surface area contributed by atoms with Crippen LogP contribution >= 0.6 is 0 Å². The molecule has 0 aromatic rings. The smallest absolute Gasteiger partial charge is 0.445 e. The van der Waals surface area contributed by atoms with Gasteiger partial charge in [0.05, 0.1) is 34.8 Å². The van der Waals surface area contributed by atoms with Crippen LogP contribution in [0.25, 0.3) is 0 Å². The van der Waals surface area contributed by atoms with Crippen molar-refractivity contribution in [2.24, 2.45) is 0 Å². The highest BCUT2D eigenvalue weighted by molar-refractivity contribution is 5.67. The summed E-state index contributed by atoms with van der Waals surface area (Å²) in [4.78, 5) is 1.95. The Morgan fingerprint density at radius 2 is 1.82 bits per heavy atom. The van der Waals surface area contributed by atoms with E-state index < -0.39 is 0 Å². The molecular formula is C7H18N2O2. The number of nitrogens with zero attached hydrogens (tertiary/aromatic N) is 2. The zero-order valence-corrected chi connectivity index (χ0v) is 7.96. The van der Waals surface area contributed by atoms with Gasteiger partial charge >= 0.3 is 6.02 Å². The van der Waals surface area contributed by atoms with Crippen LogP contribution in [0.2, 0.25) is 0 Å². The fourth-order valence-corrected chi connectivity index (χ4v) is 0.787. The van der Waals surface area contributed by atoms with Crippen LogP contribution in [-0.2, 0) is 4.74 Å². The van der Waals surface area contributed by atoms with Crippen LogP contribution in [0.5, 0.6) is 0 Å². The molecule has 0 saturated carbocycles. The Morgan fingerprint density at radius 3 is 1.91 bits per heavy atom. The summed E-state index contributed by atoms with van der Waals surface area (Å²) < 4.78 is 7.28. The number of amidine groups is 1. The quantitative estimate of drug-likeness (QED) is 0.310. The number of rotatable bonds is 1. The second kappa shape index (κ2) is 5.97. The van der Waals surface area contributed by atoms with Crippen LogP contribution in [0.1, 0.15) is 6.92 Å². The molecule has 0 amide bonds. The van der Waals surface area contributed by atoms with Crippen LogP contribution in [0, 0.1) is 0 Å². The van der Waals surface area contributed by atoms with Gasteiger partial charge in [0.1, 0.15) is 0 Å². The van der Waals surface area contributed by atoms with Gasteiger partial charge in [-0.05, 0) is 6.92 Å². The molecule has 0 saturated heterocycles. The summed E-state index contributed by atoms with van der Waals surface area (Å²) in [5.41, 5.74) is 0. The van der Waals surface area contributed by atoms with Crippen molar-refractivity contribution in [1.82, 2.24) is 4.90 Å². The van der Waals surface area contributed by atoms with Crippen LogP contribution in [0.3, 0.4) is 0 Å². The minimum Gasteiger partial charge on any atom is -0.870 e. The average molecular weight is 162 g/mol. The van der Waals surface area contributed by atoms with Crippen molar-refractivity contribution in [3.8, 4) is 0 Å². The zero-order chi connectivity index (χ0) is 8.15. The molecule has 0 radical (unpaired) electrons. The molecule has 68 valence electrons. The van der Waals surface area contributed by atoms with E-state index in [4.69, 9.17) is 4.74 Å². The summed E-state index contributed by atoms with van der Waals surface area (Å²) in [6, 6.07) is 0.891. The van der Waals surface area contributed by atoms with Crippen molar-refractivity contribution in [2.75, 3.05) is 34.8 Å². The zero-order valence-electron chi connectivity index (χ0n) is 7.96. The predicted octanol–water partition coefficient (Wildman–Crippen LogP) is 0.0358. The lowest BCUT2D eigenvalue weighted by Gasteiger charge is -2.09. The van der Waals surface area contributed by atoms with E-state index in [9.17, 15) is 0 Å². The Kier molecular flexibility index (Phi) is 6.99. The third kappa shape index (κ3) is 4.61. The third-order valence-corrected chi connectivity index (χ3v) is 1.04. The molecular weight excluding hydrogens is 144 g/mol. The normalized spacial score (nSPS) is 8.09. The number of ether oxygens (including phenoxy) is 1. The van der Waals surface area contributed by atoms with Gasteiger partial charge in [-0.2, -0.15) is 0 Å². The standard InChI is InChI=1S/C7H17N2O.H2O/c1-6-10-7(8(2)3)9(4)5;/h6H2,1-5H3;1H2/q+1;/p-1. The summed E-state index contributed by atoms with van der Waals surface area (Å²) in [5.74, 6) is 0. The predicted molar refractivity (Wildman–Crippen MR) is 44.4 cm³/mol. The molecule has 11 heavy (non-hydrogen) atoms. The second-order valence-corrected chi connectivity index (χ2v) is 2.50. The summed E-state index contributed by atoms with van der Waals surface area (Å²) in [6.45, 7) is 2.69. The molecule has 0 aromatic carbocycles. The van der Waals surface area contributed by atoms with Crippen molar-refractivity contribution in [2.45, 2.75) is 6.92 Å². The average Bonchev–Trinajstić information content (AvgIpc) is 1.81. The molecule has 0 heterocycles. The van der Waals surface area contributed by atoms with E-state index in [1.807, 2.05) is 44.6 Å². The lowest BCUT2D eigenvalue weighted by atomic mass is 10.8. The molecule has 0 rings (SSSR count). The van der Waals surface area contributed by atoms with Gasteiger partial charge in [-0.15, -0.1) is 0 Å². The fourth-order valence-electron chi connectivity index (χ4n) is 0.787. The molecule has 0 aliphatic heterocycles. The minimum atomic E-state index is 0. The molecule has 0 bridgehead atoms. The van der Waals surface area contributed by atoms with Crippen LogP contribution < -0.4 is 0 Å². The number of hydrogen-bond donors (Lipinski definition) is 0. The van der Waals surface area contributed by atoms with E-state index in [1.165, 1.54) is 0 Å². The molecule has 0 fully saturated rings. The summed E-state index contributed by atoms with van der Waals surface area (Å²) in [5, 5.41) is 0. The van der Waals surface area contributed by atoms with Gasteiger partial charge in [-0.3, -0.25) is 0 Å². The minimum absolute atomic E-state index is 0. The van der Waals surface area contributed by atoms with Gasteiger partial charge in [0, 0.05) is 0 Å². The van der Waals surface area contributed by atoms with Crippen LogP contribution in [0.4, 0.5) is 0 Å². The van der Waals surface area contributed by atoms with Crippen LogP contribution in [-0.4, -0.2) is 55.8 Å². The van der Waals surface area contributed by atoms with Crippen molar-refractivity contribution < 1.29 is 14.8 Å². The van der Waals surface area contributed by atoms with Crippen molar-refractivity contribution >= 4 is 6.02 Å². The van der Waals surface area contributed by atoms with Gasteiger partial charge in [-0.1, -0.05) is 0 Å². The highest BCUT2D eigenvalue weighted by Crippen LogP contribution is 1.84. The van der Waals surface area contributed by atoms with Crippen LogP contribution in [0.15, 0.2) is 0 Å². The van der Waals surface area contributed by atoms with Gasteiger partial charge in [0.25, 0.3) is 0 Å². The first kappa shape index (κ1) is 12.9. The Labute approximate surface area is 68.4 Å². The van der Waals surface area contributed by atoms with E-state index in [-0.39, 0.29) is 5.48 Å². The molecule has 0 aliphatic carbocycles. The van der Waals surface area contributed by atoms with E-state index >= 15 is 0 Å². The van der Waals surface area contributed by atoms with E-state index in [1.54, 1.807) is 0 Å². The Morgan fingerprint density at radius 1 is 1.36 bits per heavy atom. The third-order valence-electron chi connectivity index (χ3n) is 1.04. The van der Waals surface area contributed by atoms with Crippen molar-refractivity contribution in [1.29, 1.82) is 0 Å². The first-order valence-electron chi connectivity index (χ1n) is 3.44. The molecule has 0 spiro atoms. The molecule has 4 nitrogen and oxygen atoms in total. The molecule has 0 atom stereocenters. The molecule has 4 heteroatoms. The van der Waals surface area contributed by atoms with E-state index in [0.29, 0.717) is 6.61 Å². The SMILES string of the molecule is CCOC(N(C)C)=[N+](C)C.[OH-]. The first-order valence-corrected chi connectivity index (χ1v) is 3.44. The maximum Gasteiger partial charge on any atom is 0.445 e. The largest absolute Gasteiger partial charge is 0.870 e. The van der Waals surface area contributed by atoms with Gasteiger partial charge < -0.3 is 10.2 Å². The van der Waals surface area contributed by atoms with Gasteiger partial charge in [-0.25, -0.2) is 9.48 Å². The molecule has 0 aromatic heterocycles. The lowest BCUT2D eigenvalue weighted by Crippen LogP contribution is -2.32. The van der Waals surface area contributed by atoms with Crippen molar-refractivity contribution in [3.63, 3.8) is 0 Å². The Hall–Kier alpha value is -0.770. The molecule has 1 N–H and O–H groups in total. The Balaban J connectivity index is 0. The maximum atomic E-state index is 5.33. The lowest BCUT2D eigenvalue weighted by molar-refractivity contribution is -0.480. The molecule has 0 aliphatic rings. The topological polar surface area (TPSA) is 45.5 Å².